The summed E-state index contributed by atoms with van der Waals surface area (Å²) in [4.78, 5) is 4.72. The minimum Gasteiger partial charge on any atom is -0.493 e. The second-order valence-electron chi connectivity index (χ2n) is 5.03. The van der Waals surface area contributed by atoms with Gasteiger partial charge in [0.15, 0.2) is 11.5 Å². The average Bonchev–Trinajstić information content (AvgIpc) is 2.60. The molecule has 3 rings (SSSR count). The number of benzene rings is 2. The number of nitrogens with zero attached hydrogens (tertiary/aromatic N) is 1. The van der Waals surface area contributed by atoms with Crippen LogP contribution in [-0.2, 0) is 6.42 Å². The molecule has 0 unspecified atom stereocenters. The molecule has 2 aromatic rings. The van der Waals surface area contributed by atoms with Gasteiger partial charge < -0.3 is 14.2 Å². The summed E-state index contributed by atoms with van der Waals surface area (Å²) in [6, 6.07) is 12.2. The Hall–Kier alpha value is -2.49. The lowest BCUT2D eigenvalue weighted by Crippen LogP contribution is -2.16. The lowest BCUT2D eigenvalue weighted by atomic mass is 9.91. The van der Waals surface area contributed by atoms with Crippen molar-refractivity contribution in [2.24, 2.45) is 4.99 Å². The standard InChI is InChI=1S/C18H19NO3/c1-20-14-11-13-9-10-19-16(12-7-5-4-6-8-12)15(13)18(22-3)17(14)21-2/h4-8,11H,9-10H2,1-3H3. The van der Waals surface area contributed by atoms with Crippen molar-refractivity contribution in [1.82, 2.24) is 0 Å². The first kappa shape index (κ1) is 14.4. The van der Waals surface area contributed by atoms with Crippen molar-refractivity contribution in [3.05, 3.63) is 53.1 Å². The van der Waals surface area contributed by atoms with E-state index in [4.69, 9.17) is 19.2 Å². The Morgan fingerprint density at radius 3 is 2.27 bits per heavy atom. The van der Waals surface area contributed by atoms with E-state index in [1.54, 1.807) is 21.3 Å². The van der Waals surface area contributed by atoms with Crippen LogP contribution < -0.4 is 14.2 Å². The first-order valence-corrected chi connectivity index (χ1v) is 7.22. The number of rotatable bonds is 4. The van der Waals surface area contributed by atoms with Crippen molar-refractivity contribution >= 4 is 5.71 Å². The van der Waals surface area contributed by atoms with Gasteiger partial charge in [-0.1, -0.05) is 30.3 Å². The van der Waals surface area contributed by atoms with E-state index in [0.29, 0.717) is 17.2 Å². The Morgan fingerprint density at radius 1 is 0.909 bits per heavy atom. The maximum atomic E-state index is 5.64. The monoisotopic (exact) mass is 297 g/mol. The topological polar surface area (TPSA) is 40.0 Å². The molecule has 0 radical (unpaired) electrons. The van der Waals surface area contributed by atoms with E-state index in [2.05, 4.69) is 12.1 Å². The fourth-order valence-corrected chi connectivity index (χ4v) is 2.86. The van der Waals surface area contributed by atoms with Gasteiger partial charge in [-0.15, -0.1) is 0 Å². The summed E-state index contributed by atoms with van der Waals surface area (Å²) >= 11 is 0. The highest BCUT2D eigenvalue weighted by Crippen LogP contribution is 2.44. The molecule has 1 heterocycles. The molecule has 4 nitrogen and oxygen atoms in total. The third-order valence-corrected chi connectivity index (χ3v) is 3.85. The molecule has 0 aliphatic carbocycles. The Kier molecular flexibility index (Phi) is 4.00. The highest BCUT2D eigenvalue weighted by atomic mass is 16.5. The van der Waals surface area contributed by atoms with E-state index in [0.717, 1.165) is 29.8 Å². The molecule has 0 saturated heterocycles. The molecule has 0 atom stereocenters. The number of hydrogen-bond acceptors (Lipinski definition) is 4. The summed E-state index contributed by atoms with van der Waals surface area (Å²) in [5.74, 6) is 1.97. The SMILES string of the molecule is COc1cc2c(c(OC)c1OC)C(c1ccccc1)=NCC2. The summed E-state index contributed by atoms with van der Waals surface area (Å²) < 4.78 is 16.6. The van der Waals surface area contributed by atoms with Gasteiger partial charge in [0.05, 0.1) is 27.0 Å². The Balaban J connectivity index is 2.25. The van der Waals surface area contributed by atoms with E-state index in [9.17, 15) is 0 Å². The van der Waals surface area contributed by atoms with Crippen LogP contribution in [0.2, 0.25) is 0 Å². The van der Waals surface area contributed by atoms with Crippen molar-refractivity contribution in [3.8, 4) is 17.2 Å². The number of methoxy groups -OCH3 is 3. The van der Waals surface area contributed by atoms with Gasteiger partial charge in [0, 0.05) is 17.7 Å². The molecule has 0 spiro atoms. The highest BCUT2D eigenvalue weighted by Gasteiger charge is 2.26. The second kappa shape index (κ2) is 6.10. The van der Waals surface area contributed by atoms with Gasteiger partial charge in [0.1, 0.15) is 0 Å². The van der Waals surface area contributed by atoms with E-state index in [1.807, 2.05) is 24.3 Å². The van der Waals surface area contributed by atoms with Crippen LogP contribution in [-0.4, -0.2) is 33.6 Å². The third kappa shape index (κ3) is 2.30. The second-order valence-corrected chi connectivity index (χ2v) is 5.03. The van der Waals surface area contributed by atoms with Gasteiger partial charge in [-0.2, -0.15) is 0 Å². The maximum Gasteiger partial charge on any atom is 0.203 e. The molecule has 4 heteroatoms. The zero-order valence-corrected chi connectivity index (χ0v) is 13.1. The molecule has 0 aromatic heterocycles. The smallest absolute Gasteiger partial charge is 0.203 e. The van der Waals surface area contributed by atoms with Gasteiger partial charge in [-0.25, -0.2) is 0 Å². The molecule has 2 aromatic carbocycles. The zero-order valence-electron chi connectivity index (χ0n) is 13.1. The molecule has 114 valence electrons. The van der Waals surface area contributed by atoms with E-state index in [1.165, 1.54) is 5.56 Å². The largest absolute Gasteiger partial charge is 0.493 e. The molecule has 0 N–H and O–H groups in total. The van der Waals surface area contributed by atoms with Crippen LogP contribution >= 0.6 is 0 Å². The average molecular weight is 297 g/mol. The van der Waals surface area contributed by atoms with Crippen molar-refractivity contribution in [3.63, 3.8) is 0 Å². The molecule has 0 saturated carbocycles. The summed E-state index contributed by atoms with van der Waals surface area (Å²) in [7, 11) is 4.91. The van der Waals surface area contributed by atoms with Gasteiger partial charge in [-0.3, -0.25) is 4.99 Å². The lowest BCUT2D eigenvalue weighted by molar-refractivity contribution is 0.323. The Morgan fingerprint density at radius 2 is 1.64 bits per heavy atom. The zero-order chi connectivity index (χ0) is 15.5. The first-order valence-electron chi connectivity index (χ1n) is 7.22. The molecule has 1 aliphatic rings. The van der Waals surface area contributed by atoms with Crippen LogP contribution in [0.3, 0.4) is 0 Å². The van der Waals surface area contributed by atoms with E-state index < -0.39 is 0 Å². The molecule has 0 amide bonds. The van der Waals surface area contributed by atoms with Crippen LogP contribution in [0.1, 0.15) is 16.7 Å². The van der Waals surface area contributed by atoms with Crippen LogP contribution in [0.5, 0.6) is 17.2 Å². The Labute approximate surface area is 130 Å². The van der Waals surface area contributed by atoms with Gasteiger partial charge in [-0.05, 0) is 18.1 Å². The number of hydrogen-bond donors (Lipinski definition) is 0. The number of ether oxygens (including phenoxy) is 3. The highest BCUT2D eigenvalue weighted by molar-refractivity contribution is 6.16. The first-order chi connectivity index (χ1) is 10.8. The molecule has 0 fully saturated rings. The fourth-order valence-electron chi connectivity index (χ4n) is 2.86. The van der Waals surface area contributed by atoms with Crippen LogP contribution in [0, 0.1) is 0 Å². The quantitative estimate of drug-likeness (QED) is 0.870. The van der Waals surface area contributed by atoms with Crippen LogP contribution in [0.15, 0.2) is 41.4 Å². The third-order valence-electron chi connectivity index (χ3n) is 3.85. The summed E-state index contributed by atoms with van der Waals surface area (Å²) in [5.41, 5.74) is 4.19. The maximum absolute atomic E-state index is 5.64. The Bertz CT molecular complexity index is 708. The van der Waals surface area contributed by atoms with Gasteiger partial charge in [0.25, 0.3) is 0 Å². The van der Waals surface area contributed by atoms with Gasteiger partial charge >= 0.3 is 0 Å². The summed E-state index contributed by atoms with van der Waals surface area (Å²) in [5, 5.41) is 0. The molecule has 22 heavy (non-hydrogen) atoms. The number of aliphatic imine (C=N–C) groups is 1. The summed E-state index contributed by atoms with van der Waals surface area (Å²) in [6.07, 6.45) is 0.863. The summed E-state index contributed by atoms with van der Waals surface area (Å²) in [6.45, 7) is 0.760. The normalized spacial score (nSPS) is 13.1. The predicted molar refractivity (Wildman–Crippen MR) is 86.8 cm³/mol. The fraction of sp³-hybridized carbons (Fsp3) is 0.278. The van der Waals surface area contributed by atoms with Crippen LogP contribution in [0.4, 0.5) is 0 Å². The van der Waals surface area contributed by atoms with E-state index >= 15 is 0 Å². The number of fused-ring (bicyclic) bond motifs is 1. The minimum atomic E-state index is 0.606. The molecular weight excluding hydrogens is 278 g/mol. The molecule has 1 aliphatic heterocycles. The minimum absolute atomic E-state index is 0.606. The predicted octanol–water partition coefficient (Wildman–Crippen LogP) is 3.11. The van der Waals surface area contributed by atoms with Crippen LogP contribution in [0.25, 0.3) is 0 Å². The molecule has 0 bridgehead atoms. The van der Waals surface area contributed by atoms with Gasteiger partial charge in [0.2, 0.25) is 5.75 Å². The van der Waals surface area contributed by atoms with E-state index in [-0.39, 0.29) is 0 Å². The lowest BCUT2D eigenvalue weighted by Gasteiger charge is -2.23. The van der Waals surface area contributed by atoms with Crippen molar-refractivity contribution in [2.75, 3.05) is 27.9 Å². The molecular formula is C18H19NO3. The van der Waals surface area contributed by atoms with Crippen molar-refractivity contribution in [2.45, 2.75) is 6.42 Å². The van der Waals surface area contributed by atoms with Crippen molar-refractivity contribution < 1.29 is 14.2 Å². The van der Waals surface area contributed by atoms with Crippen molar-refractivity contribution in [1.29, 1.82) is 0 Å².